The van der Waals surface area contributed by atoms with Crippen molar-refractivity contribution in [3.63, 3.8) is 0 Å². The highest BCUT2D eigenvalue weighted by Crippen LogP contribution is 2.60. The molecule has 1 saturated carbocycles. The third-order valence-electron chi connectivity index (χ3n) is 7.66. The molecule has 1 aromatic heterocycles. The zero-order valence-electron chi connectivity index (χ0n) is 18.4. The number of nitrogens with one attached hydrogen (secondary N) is 2. The molecule has 1 aromatic carbocycles. The van der Waals surface area contributed by atoms with Crippen LogP contribution in [0, 0.1) is 29.0 Å². The smallest absolute Gasteiger partial charge is 0.415 e. The van der Waals surface area contributed by atoms with Crippen molar-refractivity contribution in [2.75, 3.05) is 31.6 Å². The van der Waals surface area contributed by atoms with E-state index in [9.17, 15) is 14.9 Å². The normalized spacial score (nSPS) is 30.1. The summed E-state index contributed by atoms with van der Waals surface area (Å²) in [5, 5.41) is 15.7. The average molecular weight is 463 g/mol. The molecule has 0 bridgehead atoms. The molecule has 2 aromatic rings. The van der Waals surface area contributed by atoms with Gasteiger partial charge in [-0.3, -0.25) is 9.88 Å². The molecule has 2 amide bonds. The molecule has 34 heavy (non-hydrogen) atoms. The van der Waals surface area contributed by atoms with E-state index in [0.29, 0.717) is 23.2 Å². The van der Waals surface area contributed by atoms with Gasteiger partial charge < -0.3 is 20.1 Å². The summed E-state index contributed by atoms with van der Waals surface area (Å²) >= 11 is 0. The van der Waals surface area contributed by atoms with Crippen LogP contribution in [0.2, 0.25) is 0 Å². The Kier molecular flexibility index (Phi) is 4.54. The van der Waals surface area contributed by atoms with Crippen molar-refractivity contribution in [2.24, 2.45) is 11.8 Å². The highest BCUT2D eigenvalue weighted by Gasteiger charge is 2.69. The van der Waals surface area contributed by atoms with Crippen molar-refractivity contribution >= 4 is 17.9 Å². The standard InChI is InChI=1S/C24H22FN5O4/c1-33-22(31)29-10-20-19-5-13-4-14(17(25)6-18(13)30(19)23(32)34-20)12-2-3-21(28-7-12)24(11-26)15-8-27-9-16(15)24/h2-4,6-7,15-16,19-20,27H,5,8-10H2,1H3,(H,29,31)/t15-,16+,19-,20-,24+/m0/s1. The molecule has 9 nitrogen and oxygen atoms in total. The number of halogens is 1. The molecular formula is C24H22FN5O4. The maximum atomic E-state index is 15.2. The maximum Gasteiger partial charge on any atom is 0.415 e. The molecule has 1 aliphatic carbocycles. The number of ether oxygens (including phenoxy) is 2. The first kappa shape index (κ1) is 20.9. The molecule has 5 atom stereocenters. The summed E-state index contributed by atoms with van der Waals surface area (Å²) in [6.07, 6.45) is 0.347. The summed E-state index contributed by atoms with van der Waals surface area (Å²) in [7, 11) is 1.26. The Hall–Kier alpha value is -3.71. The summed E-state index contributed by atoms with van der Waals surface area (Å²) < 4.78 is 25.1. The molecule has 3 fully saturated rings. The van der Waals surface area contributed by atoms with Crippen molar-refractivity contribution in [2.45, 2.75) is 24.0 Å². The van der Waals surface area contributed by atoms with E-state index < -0.39 is 29.5 Å². The van der Waals surface area contributed by atoms with Crippen molar-refractivity contribution in [1.82, 2.24) is 15.6 Å². The van der Waals surface area contributed by atoms with E-state index >= 15 is 4.39 Å². The topological polar surface area (TPSA) is 117 Å². The molecule has 4 heterocycles. The minimum Gasteiger partial charge on any atom is -0.453 e. The molecule has 6 rings (SSSR count). The van der Waals surface area contributed by atoms with Crippen LogP contribution in [0.4, 0.5) is 19.7 Å². The van der Waals surface area contributed by atoms with Gasteiger partial charge in [-0.25, -0.2) is 14.0 Å². The third-order valence-corrected chi connectivity index (χ3v) is 7.66. The minimum atomic E-state index is -0.612. The molecule has 2 saturated heterocycles. The number of hydrogen-bond acceptors (Lipinski definition) is 7. The molecule has 0 unspecified atom stereocenters. The number of aromatic nitrogens is 1. The lowest BCUT2D eigenvalue weighted by molar-refractivity contribution is 0.123. The number of alkyl carbamates (subject to hydrolysis) is 1. The van der Waals surface area contributed by atoms with E-state index in [1.807, 2.05) is 6.07 Å². The van der Waals surface area contributed by atoms with Crippen LogP contribution in [0.3, 0.4) is 0 Å². The zero-order valence-corrected chi connectivity index (χ0v) is 18.4. The quantitative estimate of drug-likeness (QED) is 0.713. The highest BCUT2D eigenvalue weighted by molar-refractivity contribution is 5.94. The Bertz CT molecular complexity index is 1230. The number of piperidine rings is 1. The molecular weight excluding hydrogens is 441 g/mol. The molecule has 0 radical (unpaired) electrons. The number of methoxy groups -OCH3 is 1. The number of nitrogens with zero attached hydrogens (tertiary/aromatic N) is 3. The number of benzene rings is 1. The van der Waals surface area contributed by atoms with Crippen LogP contribution in [0.1, 0.15) is 11.3 Å². The number of carbonyl (C=O) groups excluding carboxylic acids is 2. The Morgan fingerprint density at radius 2 is 2.21 bits per heavy atom. The number of fused-ring (bicyclic) bond motifs is 4. The van der Waals surface area contributed by atoms with Crippen LogP contribution >= 0.6 is 0 Å². The van der Waals surface area contributed by atoms with E-state index in [-0.39, 0.29) is 24.4 Å². The van der Waals surface area contributed by atoms with Gasteiger partial charge in [0.25, 0.3) is 0 Å². The first-order valence-corrected chi connectivity index (χ1v) is 11.2. The number of anilines is 1. The number of amides is 2. The number of carbonyl (C=O) groups is 2. The minimum absolute atomic E-state index is 0.104. The van der Waals surface area contributed by atoms with E-state index in [0.717, 1.165) is 24.3 Å². The monoisotopic (exact) mass is 463 g/mol. The third kappa shape index (κ3) is 2.83. The highest BCUT2D eigenvalue weighted by atomic mass is 19.1. The van der Waals surface area contributed by atoms with Crippen molar-refractivity contribution in [3.05, 3.63) is 47.5 Å². The van der Waals surface area contributed by atoms with Gasteiger partial charge in [-0.05, 0) is 30.2 Å². The average Bonchev–Trinajstić information content (AvgIpc) is 3.23. The van der Waals surface area contributed by atoms with Crippen molar-refractivity contribution in [1.29, 1.82) is 5.26 Å². The predicted molar refractivity (Wildman–Crippen MR) is 117 cm³/mol. The number of nitriles is 1. The SMILES string of the molecule is COC(=O)NC[C@@H]1OC(=O)N2c3cc(F)c(-c4ccc([C@@]5(C#N)[C@@H]6CNC[C@@H]65)nc4)cc3C[C@@H]12. The Balaban J connectivity index is 1.26. The van der Waals surface area contributed by atoms with Gasteiger partial charge in [0.1, 0.15) is 17.3 Å². The lowest BCUT2D eigenvalue weighted by Crippen LogP contribution is -2.40. The fourth-order valence-corrected chi connectivity index (χ4v) is 5.88. The Morgan fingerprint density at radius 1 is 1.41 bits per heavy atom. The molecule has 3 aliphatic heterocycles. The fraction of sp³-hybridized carbons (Fsp3) is 0.417. The van der Waals surface area contributed by atoms with E-state index in [1.54, 1.807) is 18.3 Å². The second-order valence-corrected chi connectivity index (χ2v) is 9.18. The lowest BCUT2D eigenvalue weighted by atomic mass is 9.95. The number of rotatable bonds is 4. The predicted octanol–water partition coefficient (Wildman–Crippen LogP) is 2.10. The number of cyclic esters (lactones) is 1. The molecule has 4 aliphatic rings. The van der Waals surface area contributed by atoms with Gasteiger partial charge in [0.05, 0.1) is 37.1 Å². The fourth-order valence-electron chi connectivity index (χ4n) is 5.88. The van der Waals surface area contributed by atoms with Crippen LogP contribution in [0.5, 0.6) is 0 Å². The largest absolute Gasteiger partial charge is 0.453 e. The van der Waals surface area contributed by atoms with Gasteiger partial charge >= 0.3 is 12.2 Å². The second kappa shape index (κ2) is 7.40. The molecule has 2 N–H and O–H groups in total. The summed E-state index contributed by atoms with van der Waals surface area (Å²) in [6, 6.07) is 8.86. The van der Waals surface area contributed by atoms with Gasteiger partial charge in [-0.2, -0.15) is 5.26 Å². The Labute approximate surface area is 194 Å². The van der Waals surface area contributed by atoms with E-state index in [4.69, 9.17) is 4.74 Å². The van der Waals surface area contributed by atoms with E-state index in [2.05, 4.69) is 26.4 Å². The summed E-state index contributed by atoms with van der Waals surface area (Å²) in [4.78, 5) is 29.9. The number of hydrogen-bond donors (Lipinski definition) is 2. The van der Waals surface area contributed by atoms with Crippen LogP contribution < -0.4 is 15.5 Å². The van der Waals surface area contributed by atoms with E-state index in [1.165, 1.54) is 18.1 Å². The van der Waals surface area contributed by atoms with Crippen LogP contribution in [-0.2, 0) is 21.3 Å². The molecule has 174 valence electrons. The van der Waals surface area contributed by atoms with Gasteiger partial charge in [-0.15, -0.1) is 0 Å². The van der Waals surface area contributed by atoms with Gasteiger partial charge in [0, 0.05) is 42.2 Å². The van der Waals surface area contributed by atoms with Gasteiger partial charge in [0.15, 0.2) is 0 Å². The van der Waals surface area contributed by atoms with Crippen LogP contribution in [-0.4, -0.2) is 56.1 Å². The number of pyridine rings is 1. The van der Waals surface area contributed by atoms with Gasteiger partial charge in [0.2, 0.25) is 0 Å². The summed E-state index contributed by atoms with van der Waals surface area (Å²) in [6.45, 7) is 1.74. The zero-order chi connectivity index (χ0) is 23.6. The first-order valence-electron chi connectivity index (χ1n) is 11.2. The molecule has 10 heteroatoms. The molecule has 0 spiro atoms. The maximum absolute atomic E-state index is 15.2. The summed E-state index contributed by atoms with van der Waals surface area (Å²) in [5.74, 6) is 0.0882. The van der Waals surface area contributed by atoms with Crippen LogP contribution in [0.15, 0.2) is 30.5 Å². The Morgan fingerprint density at radius 3 is 2.88 bits per heavy atom. The lowest BCUT2D eigenvalue weighted by Gasteiger charge is -2.16. The second-order valence-electron chi connectivity index (χ2n) is 9.18. The first-order chi connectivity index (χ1) is 16.5. The van der Waals surface area contributed by atoms with Gasteiger partial charge in [-0.1, -0.05) is 6.07 Å². The van der Waals surface area contributed by atoms with Crippen molar-refractivity contribution < 1.29 is 23.5 Å². The van der Waals surface area contributed by atoms with Crippen molar-refractivity contribution in [3.8, 4) is 17.2 Å². The van der Waals surface area contributed by atoms with Crippen LogP contribution in [0.25, 0.3) is 11.1 Å². The summed E-state index contributed by atoms with van der Waals surface area (Å²) in [5.41, 5.74) is 2.49.